The summed E-state index contributed by atoms with van der Waals surface area (Å²) in [7, 11) is 0. The summed E-state index contributed by atoms with van der Waals surface area (Å²) in [5.41, 5.74) is 0.642. The fraction of sp³-hybridized carbons (Fsp3) is 0. The Balaban J connectivity index is 2.03. The van der Waals surface area contributed by atoms with Crippen LogP contribution in [0.4, 0.5) is 5.69 Å². The number of aromatic hydroxyl groups is 2. The van der Waals surface area contributed by atoms with E-state index in [-0.39, 0.29) is 16.9 Å². The molecule has 0 unspecified atom stereocenters. The first kappa shape index (κ1) is 11.2. The lowest BCUT2D eigenvalue weighted by atomic mass is 10.4. The highest BCUT2D eigenvalue weighted by atomic mass is 32.1. The van der Waals surface area contributed by atoms with Crippen LogP contribution in [0.5, 0.6) is 11.8 Å². The number of hydrogen-bond donors (Lipinski definition) is 3. The number of nitrogens with zero attached hydrogens (tertiary/aromatic N) is 2. The first-order valence-corrected chi connectivity index (χ1v) is 5.06. The number of pyridine rings is 1. The standard InChI is InChI=1S/C10H9N3O3S/c14-8-3-4-9(15)13(8)16-10(17)12-7-2-1-5-11-6-7/h1-6,14-15H,(H,12,17). The summed E-state index contributed by atoms with van der Waals surface area (Å²) in [6.07, 6.45) is 3.18. The van der Waals surface area contributed by atoms with Gasteiger partial charge in [-0.25, -0.2) is 0 Å². The van der Waals surface area contributed by atoms with E-state index in [0.717, 1.165) is 4.73 Å². The molecule has 7 heteroatoms. The fourth-order valence-electron chi connectivity index (χ4n) is 1.16. The number of rotatable bonds is 2. The van der Waals surface area contributed by atoms with E-state index in [1.54, 1.807) is 24.5 Å². The molecule has 2 aromatic rings. The van der Waals surface area contributed by atoms with Crippen LogP contribution in [-0.4, -0.2) is 25.1 Å². The molecule has 0 aromatic carbocycles. The largest absolute Gasteiger partial charge is 0.492 e. The first-order valence-electron chi connectivity index (χ1n) is 4.66. The van der Waals surface area contributed by atoms with Gasteiger partial charge in [-0.1, -0.05) is 0 Å². The van der Waals surface area contributed by atoms with Gasteiger partial charge in [0.1, 0.15) is 0 Å². The maximum atomic E-state index is 9.32. The van der Waals surface area contributed by atoms with Crippen molar-refractivity contribution in [1.29, 1.82) is 0 Å². The topological polar surface area (TPSA) is 79.5 Å². The maximum Gasteiger partial charge on any atom is 0.291 e. The second kappa shape index (κ2) is 4.71. The Labute approximate surface area is 102 Å². The first-order chi connectivity index (χ1) is 8.16. The minimum absolute atomic E-state index is 0.0280. The molecule has 0 saturated heterocycles. The summed E-state index contributed by atoms with van der Waals surface area (Å²) >= 11 is 4.90. The Morgan fingerprint density at radius 3 is 2.59 bits per heavy atom. The van der Waals surface area contributed by atoms with Gasteiger partial charge in [0.25, 0.3) is 5.17 Å². The number of anilines is 1. The van der Waals surface area contributed by atoms with Crippen LogP contribution in [0.15, 0.2) is 36.7 Å². The lowest BCUT2D eigenvalue weighted by Crippen LogP contribution is -2.24. The molecule has 17 heavy (non-hydrogen) atoms. The van der Waals surface area contributed by atoms with Gasteiger partial charge in [0.2, 0.25) is 11.8 Å². The Kier molecular flexibility index (Phi) is 3.10. The summed E-state index contributed by atoms with van der Waals surface area (Å²) in [5, 5.41) is 21.4. The van der Waals surface area contributed by atoms with E-state index in [9.17, 15) is 10.2 Å². The normalized spacial score (nSPS) is 9.88. The second-order valence-electron chi connectivity index (χ2n) is 3.09. The van der Waals surface area contributed by atoms with Gasteiger partial charge in [-0.3, -0.25) is 4.98 Å². The molecule has 2 aromatic heterocycles. The van der Waals surface area contributed by atoms with Gasteiger partial charge in [-0.05, 0) is 24.4 Å². The molecule has 0 aliphatic carbocycles. The van der Waals surface area contributed by atoms with Crippen LogP contribution in [0, 0.1) is 0 Å². The molecule has 88 valence electrons. The van der Waals surface area contributed by atoms with Gasteiger partial charge in [0.05, 0.1) is 11.9 Å². The van der Waals surface area contributed by atoms with E-state index in [1.807, 2.05) is 0 Å². The van der Waals surface area contributed by atoms with Crippen LogP contribution in [0.1, 0.15) is 0 Å². The Bertz CT molecular complexity index is 507. The highest BCUT2D eigenvalue weighted by Crippen LogP contribution is 2.18. The van der Waals surface area contributed by atoms with Crippen LogP contribution in [0.25, 0.3) is 0 Å². The highest BCUT2D eigenvalue weighted by molar-refractivity contribution is 7.80. The van der Waals surface area contributed by atoms with Gasteiger partial charge in [0, 0.05) is 18.3 Å². The summed E-state index contributed by atoms with van der Waals surface area (Å²) < 4.78 is 0.797. The zero-order chi connectivity index (χ0) is 12.3. The smallest absolute Gasteiger partial charge is 0.291 e. The van der Waals surface area contributed by atoms with Crippen molar-refractivity contribution in [2.75, 3.05) is 5.32 Å². The monoisotopic (exact) mass is 251 g/mol. The number of aromatic nitrogens is 2. The van der Waals surface area contributed by atoms with E-state index >= 15 is 0 Å². The minimum Gasteiger partial charge on any atom is -0.492 e. The average Bonchev–Trinajstić information content (AvgIpc) is 2.62. The Morgan fingerprint density at radius 2 is 2.00 bits per heavy atom. The van der Waals surface area contributed by atoms with E-state index in [1.165, 1.54) is 12.1 Å². The molecule has 0 saturated carbocycles. The van der Waals surface area contributed by atoms with E-state index in [0.29, 0.717) is 5.69 Å². The molecule has 0 radical (unpaired) electrons. The quantitative estimate of drug-likeness (QED) is 0.694. The summed E-state index contributed by atoms with van der Waals surface area (Å²) in [6, 6.07) is 6.04. The number of thiocarbonyl (C=S) groups is 1. The van der Waals surface area contributed by atoms with Crippen LogP contribution >= 0.6 is 12.2 Å². The minimum atomic E-state index is -0.252. The molecule has 0 fully saturated rings. The Morgan fingerprint density at radius 1 is 1.29 bits per heavy atom. The predicted octanol–water partition coefficient (Wildman–Crippen LogP) is 1.12. The molecule has 0 spiro atoms. The zero-order valence-corrected chi connectivity index (χ0v) is 9.39. The molecule has 0 bridgehead atoms. The van der Waals surface area contributed by atoms with E-state index < -0.39 is 0 Å². The molecule has 0 atom stereocenters. The predicted molar refractivity (Wildman–Crippen MR) is 64.8 cm³/mol. The van der Waals surface area contributed by atoms with Crippen LogP contribution in [0.2, 0.25) is 0 Å². The van der Waals surface area contributed by atoms with Gasteiger partial charge in [-0.2, -0.15) is 0 Å². The lowest BCUT2D eigenvalue weighted by molar-refractivity contribution is 0.192. The molecule has 2 heterocycles. The summed E-state index contributed by atoms with van der Waals surface area (Å²) in [4.78, 5) is 8.92. The fourth-order valence-corrected chi connectivity index (χ4v) is 1.35. The van der Waals surface area contributed by atoms with Crippen molar-refractivity contribution in [2.45, 2.75) is 0 Å². The summed E-state index contributed by atoms with van der Waals surface area (Å²) in [6.45, 7) is 0. The molecular formula is C10H9N3O3S. The van der Waals surface area contributed by atoms with Crippen LogP contribution in [-0.2, 0) is 0 Å². The third-order valence-electron chi connectivity index (χ3n) is 1.88. The maximum absolute atomic E-state index is 9.32. The van der Waals surface area contributed by atoms with Gasteiger partial charge in [-0.15, -0.1) is 4.73 Å². The van der Waals surface area contributed by atoms with Crippen LogP contribution in [0.3, 0.4) is 0 Å². The zero-order valence-electron chi connectivity index (χ0n) is 8.57. The van der Waals surface area contributed by atoms with Crippen molar-refractivity contribution in [2.24, 2.45) is 0 Å². The van der Waals surface area contributed by atoms with Gasteiger partial charge in [0.15, 0.2) is 0 Å². The molecular weight excluding hydrogens is 242 g/mol. The van der Waals surface area contributed by atoms with Crippen LogP contribution < -0.4 is 10.2 Å². The third-order valence-corrected chi connectivity index (χ3v) is 2.06. The van der Waals surface area contributed by atoms with Crippen molar-refractivity contribution < 1.29 is 15.1 Å². The lowest BCUT2D eigenvalue weighted by Gasteiger charge is -2.10. The van der Waals surface area contributed by atoms with Crippen molar-refractivity contribution in [3.05, 3.63) is 36.7 Å². The Hall–Kier alpha value is -2.28. The molecule has 0 aliphatic rings. The molecule has 6 nitrogen and oxygen atoms in total. The number of nitrogens with one attached hydrogen (secondary N) is 1. The number of hydrogen-bond acceptors (Lipinski definition) is 5. The van der Waals surface area contributed by atoms with Gasteiger partial charge >= 0.3 is 0 Å². The molecule has 0 amide bonds. The van der Waals surface area contributed by atoms with Crippen molar-refractivity contribution >= 4 is 23.1 Å². The second-order valence-corrected chi connectivity index (χ2v) is 3.46. The highest BCUT2D eigenvalue weighted by Gasteiger charge is 2.09. The third kappa shape index (κ3) is 2.64. The molecule has 3 N–H and O–H groups in total. The average molecular weight is 251 g/mol. The van der Waals surface area contributed by atoms with E-state index in [4.69, 9.17) is 17.1 Å². The van der Waals surface area contributed by atoms with Gasteiger partial charge < -0.3 is 20.4 Å². The SMILES string of the molecule is Oc1ccc(O)n1OC(=S)Nc1cccnc1. The van der Waals surface area contributed by atoms with Crippen molar-refractivity contribution in [3.8, 4) is 11.8 Å². The molecule has 2 rings (SSSR count). The van der Waals surface area contributed by atoms with Crippen molar-refractivity contribution in [1.82, 2.24) is 9.71 Å². The van der Waals surface area contributed by atoms with E-state index in [2.05, 4.69) is 10.3 Å². The molecule has 0 aliphatic heterocycles. The summed E-state index contributed by atoms with van der Waals surface area (Å²) in [5.74, 6) is -0.504. The van der Waals surface area contributed by atoms with Crippen molar-refractivity contribution in [3.63, 3.8) is 0 Å².